The molecule has 0 spiro atoms. The summed E-state index contributed by atoms with van der Waals surface area (Å²) in [6, 6.07) is 8.45. The Bertz CT molecular complexity index is 890. The first-order valence-corrected chi connectivity index (χ1v) is 8.23. The van der Waals surface area contributed by atoms with E-state index in [1.165, 1.54) is 12.1 Å². The molecule has 1 aliphatic heterocycles. The zero-order valence-corrected chi connectivity index (χ0v) is 13.6. The highest BCUT2D eigenvalue weighted by molar-refractivity contribution is 5.85. The third kappa shape index (κ3) is 3.36. The van der Waals surface area contributed by atoms with Gasteiger partial charge in [-0.1, -0.05) is 0 Å². The van der Waals surface area contributed by atoms with Crippen molar-refractivity contribution in [2.45, 2.75) is 18.9 Å². The number of hydrogen-bond acceptors (Lipinski definition) is 5. The predicted molar refractivity (Wildman–Crippen MR) is 94.4 cm³/mol. The van der Waals surface area contributed by atoms with Crippen molar-refractivity contribution in [3.63, 3.8) is 0 Å². The molecule has 130 valence electrons. The van der Waals surface area contributed by atoms with Crippen LogP contribution in [0.1, 0.15) is 12.8 Å². The number of fused-ring (bicyclic) bond motifs is 1. The van der Waals surface area contributed by atoms with Crippen molar-refractivity contribution in [1.82, 2.24) is 10.2 Å². The number of aromatic nitrogens is 2. The lowest BCUT2D eigenvalue weighted by molar-refractivity contribution is 0.0904. The van der Waals surface area contributed by atoms with Gasteiger partial charge in [-0.2, -0.15) is 5.10 Å². The number of nitrogens with one attached hydrogen (secondary N) is 2. The Morgan fingerprint density at radius 3 is 2.84 bits per heavy atom. The summed E-state index contributed by atoms with van der Waals surface area (Å²) in [6.45, 7) is 1.46. The van der Waals surface area contributed by atoms with Crippen molar-refractivity contribution in [2.24, 2.45) is 0 Å². The van der Waals surface area contributed by atoms with Gasteiger partial charge in [0.15, 0.2) is 17.3 Å². The first-order chi connectivity index (χ1) is 12.2. The maximum atomic E-state index is 14.1. The molecule has 2 heterocycles. The monoisotopic (exact) mass is 342 g/mol. The first kappa shape index (κ1) is 15.7. The lowest BCUT2D eigenvalue weighted by Gasteiger charge is -2.25. The second kappa shape index (κ2) is 6.60. The van der Waals surface area contributed by atoms with E-state index in [9.17, 15) is 4.39 Å². The van der Waals surface area contributed by atoms with Gasteiger partial charge in [-0.05, 0) is 37.1 Å². The van der Waals surface area contributed by atoms with Gasteiger partial charge in [0, 0.05) is 36.4 Å². The molecule has 0 amide bonds. The van der Waals surface area contributed by atoms with Gasteiger partial charge in [0.1, 0.15) is 0 Å². The highest BCUT2D eigenvalue weighted by Gasteiger charge is 2.17. The molecule has 0 radical (unpaired) electrons. The maximum Gasteiger partial charge on any atom is 0.167 e. The quantitative estimate of drug-likeness (QED) is 0.630. The molecule has 0 bridgehead atoms. The molecule has 0 saturated carbocycles. The Morgan fingerprint density at radius 2 is 2.04 bits per heavy atom. The van der Waals surface area contributed by atoms with Gasteiger partial charge in [0.25, 0.3) is 0 Å². The maximum absolute atomic E-state index is 14.1. The molecule has 4 N–H and O–H groups in total. The second-order valence-electron chi connectivity index (χ2n) is 6.13. The number of nitrogens with two attached hydrogens (primary N) is 1. The van der Waals surface area contributed by atoms with Crippen LogP contribution in [0.4, 0.5) is 15.8 Å². The minimum atomic E-state index is -0.496. The lowest BCUT2D eigenvalue weighted by Crippen LogP contribution is -2.27. The summed E-state index contributed by atoms with van der Waals surface area (Å²) in [5.41, 5.74) is 7.64. The SMILES string of the molecule is Nc1ccc(Oc2cc3cn[nH]c3cc2NC2CCOCC2)c(F)c1. The molecular formula is C18H19FN4O2. The molecule has 1 aromatic heterocycles. The van der Waals surface area contributed by atoms with Crippen molar-refractivity contribution in [1.29, 1.82) is 0 Å². The summed E-state index contributed by atoms with van der Waals surface area (Å²) >= 11 is 0. The molecule has 6 nitrogen and oxygen atoms in total. The van der Waals surface area contributed by atoms with Crippen molar-refractivity contribution < 1.29 is 13.9 Å². The van der Waals surface area contributed by atoms with E-state index in [1.54, 1.807) is 12.3 Å². The van der Waals surface area contributed by atoms with Crippen LogP contribution in [-0.2, 0) is 4.74 Å². The van der Waals surface area contributed by atoms with Crippen LogP contribution < -0.4 is 15.8 Å². The number of nitrogens with zero attached hydrogens (tertiary/aromatic N) is 1. The van der Waals surface area contributed by atoms with E-state index in [1.807, 2.05) is 12.1 Å². The Balaban J connectivity index is 1.68. The fraction of sp³-hybridized carbons (Fsp3) is 0.278. The molecule has 25 heavy (non-hydrogen) atoms. The molecule has 3 aromatic rings. The number of hydrogen-bond donors (Lipinski definition) is 3. The zero-order chi connectivity index (χ0) is 17.2. The second-order valence-corrected chi connectivity index (χ2v) is 6.13. The Labute approximate surface area is 144 Å². The van der Waals surface area contributed by atoms with Crippen LogP contribution in [0.3, 0.4) is 0 Å². The van der Waals surface area contributed by atoms with Crippen LogP contribution in [0.2, 0.25) is 0 Å². The summed E-state index contributed by atoms with van der Waals surface area (Å²) < 4.78 is 25.4. The summed E-state index contributed by atoms with van der Waals surface area (Å²) in [4.78, 5) is 0. The van der Waals surface area contributed by atoms with E-state index in [2.05, 4.69) is 15.5 Å². The van der Waals surface area contributed by atoms with E-state index in [0.29, 0.717) is 11.4 Å². The summed E-state index contributed by atoms with van der Waals surface area (Å²) in [6.07, 6.45) is 3.53. The Morgan fingerprint density at radius 1 is 1.20 bits per heavy atom. The van der Waals surface area contributed by atoms with Gasteiger partial charge in [0.05, 0.1) is 17.4 Å². The molecule has 0 atom stereocenters. The zero-order valence-electron chi connectivity index (χ0n) is 13.6. The van der Waals surface area contributed by atoms with E-state index in [4.69, 9.17) is 15.2 Å². The van der Waals surface area contributed by atoms with Gasteiger partial charge in [0.2, 0.25) is 0 Å². The average Bonchev–Trinajstić information content (AvgIpc) is 3.05. The summed E-state index contributed by atoms with van der Waals surface area (Å²) in [5, 5.41) is 11.4. The molecular weight excluding hydrogens is 323 g/mol. The minimum Gasteiger partial charge on any atom is -0.452 e. The van der Waals surface area contributed by atoms with E-state index in [-0.39, 0.29) is 11.8 Å². The molecule has 4 rings (SSSR count). The minimum absolute atomic E-state index is 0.132. The van der Waals surface area contributed by atoms with E-state index >= 15 is 0 Å². The van der Waals surface area contributed by atoms with E-state index in [0.717, 1.165) is 42.6 Å². The van der Waals surface area contributed by atoms with Gasteiger partial charge in [-0.25, -0.2) is 4.39 Å². The summed E-state index contributed by atoms with van der Waals surface area (Å²) in [7, 11) is 0. The number of aromatic amines is 1. The molecule has 2 aromatic carbocycles. The van der Waals surface area contributed by atoms with Crippen LogP contribution in [-0.4, -0.2) is 29.5 Å². The van der Waals surface area contributed by atoms with Crippen molar-refractivity contribution in [2.75, 3.05) is 24.3 Å². The smallest absolute Gasteiger partial charge is 0.167 e. The number of nitrogen functional groups attached to an aromatic ring is 1. The van der Waals surface area contributed by atoms with Crippen molar-refractivity contribution in [3.05, 3.63) is 42.3 Å². The van der Waals surface area contributed by atoms with Crippen LogP contribution >= 0.6 is 0 Å². The fourth-order valence-corrected chi connectivity index (χ4v) is 2.95. The predicted octanol–water partition coefficient (Wildman–Crippen LogP) is 3.67. The van der Waals surface area contributed by atoms with Crippen LogP contribution in [0.5, 0.6) is 11.5 Å². The van der Waals surface area contributed by atoms with Crippen LogP contribution in [0.25, 0.3) is 10.9 Å². The number of benzene rings is 2. The van der Waals surface area contributed by atoms with E-state index < -0.39 is 5.82 Å². The number of halogens is 1. The van der Waals surface area contributed by atoms with Crippen molar-refractivity contribution in [3.8, 4) is 11.5 Å². The number of ether oxygens (including phenoxy) is 2. The van der Waals surface area contributed by atoms with Crippen molar-refractivity contribution >= 4 is 22.3 Å². The highest BCUT2D eigenvalue weighted by atomic mass is 19.1. The highest BCUT2D eigenvalue weighted by Crippen LogP contribution is 2.35. The molecule has 0 aliphatic carbocycles. The Kier molecular flexibility index (Phi) is 4.15. The fourth-order valence-electron chi connectivity index (χ4n) is 2.95. The van der Waals surface area contributed by atoms with Gasteiger partial charge >= 0.3 is 0 Å². The lowest BCUT2D eigenvalue weighted by atomic mass is 10.1. The number of rotatable bonds is 4. The third-order valence-corrected chi connectivity index (χ3v) is 4.30. The van der Waals surface area contributed by atoms with Gasteiger partial charge in [-0.15, -0.1) is 0 Å². The normalized spacial score (nSPS) is 15.4. The van der Waals surface area contributed by atoms with Gasteiger partial charge in [-0.3, -0.25) is 5.10 Å². The largest absolute Gasteiger partial charge is 0.452 e. The van der Waals surface area contributed by atoms with Crippen LogP contribution in [0.15, 0.2) is 36.5 Å². The standard InChI is InChI=1S/C18H19FN4O2/c19-14-8-12(20)1-2-17(14)25-18-7-11-10-21-23-15(11)9-16(18)22-13-3-5-24-6-4-13/h1-2,7-10,13,22H,3-6,20H2,(H,21,23). The molecule has 1 saturated heterocycles. The number of H-pyrrole nitrogens is 1. The van der Waals surface area contributed by atoms with Gasteiger partial charge < -0.3 is 20.5 Å². The first-order valence-electron chi connectivity index (χ1n) is 8.23. The molecule has 1 aliphatic rings. The molecule has 0 unspecified atom stereocenters. The summed E-state index contributed by atoms with van der Waals surface area (Å²) in [5.74, 6) is 0.181. The van der Waals surface area contributed by atoms with Crippen LogP contribution in [0, 0.1) is 5.82 Å². The average molecular weight is 342 g/mol. The number of anilines is 2. The molecule has 7 heteroatoms. The third-order valence-electron chi connectivity index (χ3n) is 4.30. The molecule has 1 fully saturated rings. The topological polar surface area (TPSA) is 85.2 Å². The Hall–Kier alpha value is -2.80.